The molecule has 1 aromatic heterocycles. The number of hydrogen-bond donors (Lipinski definition) is 1. The summed E-state index contributed by atoms with van der Waals surface area (Å²) in [4.78, 5) is 17.9. The first-order valence-electron chi connectivity index (χ1n) is 12.2. The number of hydrogen-bond acceptors (Lipinski definition) is 4. The summed E-state index contributed by atoms with van der Waals surface area (Å²) in [6, 6.07) is 15.3. The summed E-state index contributed by atoms with van der Waals surface area (Å²) in [5.41, 5.74) is 2.44. The van der Waals surface area contributed by atoms with Crippen molar-refractivity contribution < 1.29 is 13.2 Å². The van der Waals surface area contributed by atoms with Gasteiger partial charge in [0.1, 0.15) is 5.82 Å². The van der Waals surface area contributed by atoms with Crippen LogP contribution in [0, 0.1) is 0 Å². The number of nitrogens with zero attached hydrogens (tertiary/aromatic N) is 3. The van der Waals surface area contributed by atoms with E-state index in [4.69, 9.17) is 4.98 Å². The predicted molar refractivity (Wildman–Crippen MR) is 134 cm³/mol. The minimum Gasteiger partial charge on any atom is -0.347 e. The number of benzene rings is 2. The van der Waals surface area contributed by atoms with E-state index in [0.29, 0.717) is 38.0 Å². The average molecular weight is 483 g/mol. The normalized spacial score (nSPS) is 15.4. The van der Waals surface area contributed by atoms with E-state index in [1.54, 1.807) is 12.1 Å². The van der Waals surface area contributed by atoms with Gasteiger partial charge in [-0.2, -0.15) is 4.31 Å². The second-order valence-electron chi connectivity index (χ2n) is 8.86. The Morgan fingerprint density at radius 1 is 1.09 bits per heavy atom. The van der Waals surface area contributed by atoms with Crippen molar-refractivity contribution in [1.29, 1.82) is 0 Å². The number of fused-ring (bicyclic) bond motifs is 1. The number of rotatable bonds is 10. The van der Waals surface area contributed by atoms with E-state index in [1.807, 2.05) is 45.0 Å². The molecule has 0 bridgehead atoms. The quantitative estimate of drug-likeness (QED) is 0.469. The van der Waals surface area contributed by atoms with Gasteiger partial charge in [-0.3, -0.25) is 4.79 Å². The first kappa shape index (κ1) is 24.4. The van der Waals surface area contributed by atoms with Crippen LogP contribution in [0.2, 0.25) is 0 Å². The van der Waals surface area contributed by atoms with Gasteiger partial charge in [-0.1, -0.05) is 44.2 Å². The van der Waals surface area contributed by atoms with Gasteiger partial charge in [0.25, 0.3) is 0 Å². The predicted octanol–water partition coefficient (Wildman–Crippen LogP) is 4.21. The highest BCUT2D eigenvalue weighted by atomic mass is 32.2. The van der Waals surface area contributed by atoms with Gasteiger partial charge < -0.3 is 9.88 Å². The van der Waals surface area contributed by atoms with E-state index in [9.17, 15) is 13.2 Å². The highest BCUT2D eigenvalue weighted by Gasteiger charge is 2.39. The average Bonchev–Trinajstić information content (AvgIpc) is 3.18. The molecule has 3 aromatic rings. The molecule has 1 N–H and O–H groups in total. The van der Waals surface area contributed by atoms with Crippen molar-refractivity contribution >= 4 is 27.0 Å². The Kier molecular flexibility index (Phi) is 7.09. The van der Waals surface area contributed by atoms with Crippen molar-refractivity contribution in [2.75, 3.05) is 13.1 Å². The zero-order valence-electron chi connectivity index (χ0n) is 20.3. The molecule has 7 nitrogen and oxygen atoms in total. The summed E-state index contributed by atoms with van der Waals surface area (Å²) < 4.78 is 29.4. The molecule has 1 saturated carbocycles. The van der Waals surface area contributed by atoms with Crippen molar-refractivity contribution in [2.45, 2.75) is 69.9 Å². The van der Waals surface area contributed by atoms with Crippen molar-refractivity contribution in [3.63, 3.8) is 0 Å². The maximum Gasteiger partial charge on any atom is 0.243 e. The molecular weight excluding hydrogens is 448 g/mol. The van der Waals surface area contributed by atoms with Crippen LogP contribution in [0.15, 0.2) is 53.4 Å². The molecule has 0 saturated heterocycles. The molecular formula is C26H34N4O3S. The van der Waals surface area contributed by atoms with E-state index in [0.717, 1.165) is 36.2 Å². The summed E-state index contributed by atoms with van der Waals surface area (Å²) in [6.07, 6.45) is 3.86. The highest BCUT2D eigenvalue weighted by Crippen LogP contribution is 2.41. The van der Waals surface area contributed by atoms with Crippen LogP contribution in [0.4, 0.5) is 0 Å². The molecule has 2 aromatic carbocycles. The van der Waals surface area contributed by atoms with Crippen LogP contribution in [0.25, 0.3) is 11.0 Å². The summed E-state index contributed by atoms with van der Waals surface area (Å²) in [5, 5.41) is 3.28. The van der Waals surface area contributed by atoms with Gasteiger partial charge in [0, 0.05) is 32.5 Å². The monoisotopic (exact) mass is 482 g/mol. The second-order valence-corrected chi connectivity index (χ2v) is 10.8. The number of amides is 1. The minimum atomic E-state index is -3.55. The molecule has 34 heavy (non-hydrogen) atoms. The van der Waals surface area contributed by atoms with Crippen LogP contribution >= 0.6 is 0 Å². The molecule has 0 aliphatic heterocycles. The van der Waals surface area contributed by atoms with Gasteiger partial charge in [-0.05, 0) is 49.9 Å². The van der Waals surface area contributed by atoms with Crippen LogP contribution in [0.1, 0.15) is 57.8 Å². The molecule has 8 heteroatoms. The lowest BCUT2D eigenvalue weighted by Gasteiger charge is -2.43. The third-order valence-electron chi connectivity index (χ3n) is 6.95. The first-order valence-corrected chi connectivity index (χ1v) is 13.6. The van der Waals surface area contributed by atoms with E-state index >= 15 is 0 Å². The number of aryl methyl sites for hydroxylation is 2. The van der Waals surface area contributed by atoms with Gasteiger partial charge >= 0.3 is 0 Å². The highest BCUT2D eigenvalue weighted by molar-refractivity contribution is 7.89. The van der Waals surface area contributed by atoms with E-state index in [-0.39, 0.29) is 16.3 Å². The lowest BCUT2D eigenvalue weighted by Crippen LogP contribution is -2.50. The van der Waals surface area contributed by atoms with Crippen LogP contribution < -0.4 is 5.32 Å². The number of nitrogens with one attached hydrogen (secondary N) is 1. The molecule has 0 atom stereocenters. The second kappa shape index (κ2) is 9.88. The lowest BCUT2D eigenvalue weighted by molar-refractivity contribution is -0.124. The number of aromatic nitrogens is 2. The SMILES string of the molecule is CCN(CC)S(=O)(=O)c1ccc2c(c1)nc(CCC(=O)NC1(c3ccccc3)CCC1)n2CC. The molecule has 182 valence electrons. The van der Waals surface area contributed by atoms with E-state index in [1.165, 1.54) is 4.31 Å². The molecule has 0 unspecified atom stereocenters. The standard InChI is InChI=1S/C26H34N4O3S/c1-4-29(5-2)34(32,33)21-13-14-23-22(19-21)27-24(30(23)6-3)15-16-25(31)28-26(17-10-18-26)20-11-8-7-9-12-20/h7-9,11-14,19H,4-6,10,15-18H2,1-3H3,(H,28,31). The van der Waals surface area contributed by atoms with Crippen LogP contribution in [0.3, 0.4) is 0 Å². The summed E-state index contributed by atoms with van der Waals surface area (Å²) in [5.74, 6) is 0.815. The fourth-order valence-electron chi connectivity index (χ4n) is 4.90. The fraction of sp³-hybridized carbons (Fsp3) is 0.462. The topological polar surface area (TPSA) is 84.3 Å². The Morgan fingerprint density at radius 3 is 2.38 bits per heavy atom. The molecule has 0 radical (unpaired) electrons. The van der Waals surface area contributed by atoms with E-state index in [2.05, 4.69) is 22.0 Å². The Hall–Kier alpha value is -2.71. The summed E-state index contributed by atoms with van der Waals surface area (Å²) in [7, 11) is -3.55. The Balaban J connectivity index is 1.52. The molecule has 4 rings (SSSR count). The van der Waals surface area contributed by atoms with Gasteiger partial charge in [0.05, 0.1) is 21.5 Å². The maximum absolute atomic E-state index is 12.9. The van der Waals surface area contributed by atoms with Crippen molar-refractivity contribution in [3.05, 3.63) is 59.9 Å². The van der Waals surface area contributed by atoms with Crippen LogP contribution in [-0.4, -0.2) is 41.3 Å². The van der Waals surface area contributed by atoms with Crippen LogP contribution in [-0.2, 0) is 33.3 Å². The lowest BCUT2D eigenvalue weighted by atomic mass is 9.71. The summed E-state index contributed by atoms with van der Waals surface area (Å²) in [6.45, 7) is 7.24. The van der Waals surface area contributed by atoms with Gasteiger partial charge in [0.2, 0.25) is 15.9 Å². The largest absolute Gasteiger partial charge is 0.347 e. The van der Waals surface area contributed by atoms with Crippen molar-refractivity contribution in [1.82, 2.24) is 19.2 Å². The zero-order chi connectivity index (χ0) is 24.3. The zero-order valence-corrected chi connectivity index (χ0v) is 21.1. The first-order chi connectivity index (χ1) is 16.3. The van der Waals surface area contributed by atoms with Gasteiger partial charge in [-0.25, -0.2) is 13.4 Å². The fourth-order valence-corrected chi connectivity index (χ4v) is 6.38. The smallest absolute Gasteiger partial charge is 0.243 e. The molecule has 0 spiro atoms. The van der Waals surface area contributed by atoms with Gasteiger partial charge in [-0.15, -0.1) is 0 Å². The number of carbonyl (C=O) groups excluding carboxylic acids is 1. The minimum absolute atomic E-state index is 0.0167. The molecule has 1 heterocycles. The Labute approximate surface area is 202 Å². The third kappa shape index (κ3) is 4.49. The third-order valence-corrected chi connectivity index (χ3v) is 8.99. The number of imidazole rings is 1. The number of carbonyl (C=O) groups is 1. The Morgan fingerprint density at radius 2 is 1.79 bits per heavy atom. The van der Waals surface area contributed by atoms with Crippen molar-refractivity contribution in [3.8, 4) is 0 Å². The molecule has 1 aliphatic rings. The molecule has 1 aliphatic carbocycles. The number of sulfonamides is 1. The van der Waals surface area contributed by atoms with Crippen molar-refractivity contribution in [2.24, 2.45) is 0 Å². The summed E-state index contributed by atoms with van der Waals surface area (Å²) >= 11 is 0. The van der Waals surface area contributed by atoms with Gasteiger partial charge in [0.15, 0.2) is 0 Å². The Bertz CT molecular complexity index is 1260. The van der Waals surface area contributed by atoms with E-state index < -0.39 is 10.0 Å². The maximum atomic E-state index is 12.9. The molecule has 1 amide bonds. The van der Waals surface area contributed by atoms with Crippen LogP contribution in [0.5, 0.6) is 0 Å². The molecule has 1 fully saturated rings.